The number of phenolic OH excluding ortho intramolecular Hbond substituents is 1. The average molecular weight is 497 g/mol. The highest BCUT2D eigenvalue weighted by Gasteiger charge is 2.39. The van der Waals surface area contributed by atoms with E-state index in [0.29, 0.717) is 17.8 Å². The van der Waals surface area contributed by atoms with Crippen molar-refractivity contribution >= 4 is 52.4 Å². The van der Waals surface area contributed by atoms with Crippen LogP contribution < -0.4 is 15.0 Å². The Hall–Kier alpha value is -3.81. The maximum Gasteiger partial charge on any atom is 0.343 e. The number of aryl methyl sites for hydroxylation is 1. The van der Waals surface area contributed by atoms with Gasteiger partial charge in [0.25, 0.3) is 11.8 Å². The van der Waals surface area contributed by atoms with E-state index >= 15 is 0 Å². The maximum atomic E-state index is 13.0. The zero-order chi connectivity index (χ0) is 24.4. The van der Waals surface area contributed by atoms with E-state index in [-0.39, 0.29) is 32.8 Å². The molecule has 0 aliphatic carbocycles. The number of esters is 1. The summed E-state index contributed by atoms with van der Waals surface area (Å²) in [6.07, 6.45) is 0.640. The van der Waals surface area contributed by atoms with Crippen LogP contribution in [0.5, 0.6) is 11.5 Å². The molecule has 7 nitrogen and oxygen atoms in total. The van der Waals surface area contributed by atoms with Crippen LogP contribution in [-0.2, 0) is 16.0 Å². The summed E-state index contributed by atoms with van der Waals surface area (Å²) in [6.45, 7) is 1.93. The predicted octanol–water partition coefficient (Wildman–Crippen LogP) is 5.26. The smallest absolute Gasteiger partial charge is 0.343 e. The Morgan fingerprint density at radius 1 is 1.00 bits per heavy atom. The highest BCUT2D eigenvalue weighted by Crippen LogP contribution is 2.32. The highest BCUT2D eigenvalue weighted by molar-refractivity contribution is 6.53. The number of ether oxygens (including phenoxy) is 1. The average Bonchev–Trinajstić information content (AvgIpc) is 3.04. The summed E-state index contributed by atoms with van der Waals surface area (Å²) in [5.41, 5.74) is 1.95. The topological polar surface area (TPSA) is 95.9 Å². The molecule has 2 amide bonds. The lowest BCUT2D eigenvalue weighted by Gasteiger charge is -2.18. The SMILES string of the molecule is CCc1ccccc1N1C(=O)C(Cl)=C(Nc2ccc(C(=O)Oc3ccc(Cl)c(O)c3)cc2)C1=O. The minimum Gasteiger partial charge on any atom is -0.506 e. The van der Waals surface area contributed by atoms with Crippen molar-refractivity contribution in [3.05, 3.63) is 93.6 Å². The van der Waals surface area contributed by atoms with Gasteiger partial charge < -0.3 is 15.2 Å². The fourth-order valence-corrected chi connectivity index (χ4v) is 3.74. The lowest BCUT2D eigenvalue weighted by molar-refractivity contribution is -0.120. The lowest BCUT2D eigenvalue weighted by atomic mass is 10.1. The van der Waals surface area contributed by atoms with E-state index in [2.05, 4.69) is 5.32 Å². The normalized spacial score (nSPS) is 13.4. The van der Waals surface area contributed by atoms with Crippen molar-refractivity contribution in [2.24, 2.45) is 0 Å². The summed E-state index contributed by atoms with van der Waals surface area (Å²) in [7, 11) is 0. The van der Waals surface area contributed by atoms with Crippen molar-refractivity contribution in [3.63, 3.8) is 0 Å². The lowest BCUT2D eigenvalue weighted by Crippen LogP contribution is -2.33. The Morgan fingerprint density at radius 3 is 2.38 bits per heavy atom. The third kappa shape index (κ3) is 4.48. The molecule has 0 aromatic heterocycles. The van der Waals surface area contributed by atoms with Gasteiger partial charge in [-0.1, -0.05) is 48.3 Å². The number of nitrogens with zero attached hydrogens (tertiary/aromatic N) is 1. The predicted molar refractivity (Wildman–Crippen MR) is 129 cm³/mol. The summed E-state index contributed by atoms with van der Waals surface area (Å²) in [6, 6.07) is 17.3. The molecule has 0 bridgehead atoms. The number of halogens is 2. The molecule has 172 valence electrons. The number of anilines is 2. The van der Waals surface area contributed by atoms with Gasteiger partial charge >= 0.3 is 5.97 Å². The molecule has 3 aromatic carbocycles. The second-order valence-electron chi connectivity index (χ2n) is 7.32. The summed E-state index contributed by atoms with van der Waals surface area (Å²) in [5.74, 6) is -1.90. The fraction of sp³-hybridized carbons (Fsp3) is 0.0800. The molecular weight excluding hydrogens is 479 g/mol. The van der Waals surface area contributed by atoms with Crippen LogP contribution in [0.4, 0.5) is 11.4 Å². The van der Waals surface area contributed by atoms with Crippen molar-refractivity contribution in [1.82, 2.24) is 0 Å². The monoisotopic (exact) mass is 496 g/mol. The Labute approximate surface area is 205 Å². The molecule has 2 N–H and O–H groups in total. The van der Waals surface area contributed by atoms with Gasteiger partial charge in [0, 0.05) is 11.8 Å². The molecule has 0 atom stereocenters. The Bertz CT molecular complexity index is 1340. The number of benzene rings is 3. The molecule has 0 saturated heterocycles. The molecule has 3 aromatic rings. The largest absolute Gasteiger partial charge is 0.506 e. The van der Waals surface area contributed by atoms with Gasteiger partial charge in [0.1, 0.15) is 22.2 Å². The molecule has 0 spiro atoms. The molecule has 1 aliphatic rings. The Kier molecular flexibility index (Phi) is 6.58. The van der Waals surface area contributed by atoms with E-state index in [9.17, 15) is 19.5 Å². The van der Waals surface area contributed by atoms with Gasteiger partial charge in [0.2, 0.25) is 0 Å². The number of hydrogen-bond donors (Lipinski definition) is 2. The number of para-hydroxylation sites is 1. The zero-order valence-electron chi connectivity index (χ0n) is 17.8. The van der Waals surface area contributed by atoms with Gasteiger partial charge in [0.05, 0.1) is 16.3 Å². The first-order valence-electron chi connectivity index (χ1n) is 10.2. The molecule has 0 fully saturated rings. The van der Waals surface area contributed by atoms with Crippen molar-refractivity contribution in [1.29, 1.82) is 0 Å². The van der Waals surface area contributed by atoms with E-state index in [1.165, 1.54) is 30.3 Å². The van der Waals surface area contributed by atoms with Crippen molar-refractivity contribution in [2.45, 2.75) is 13.3 Å². The van der Waals surface area contributed by atoms with Gasteiger partial charge in [-0.3, -0.25) is 9.59 Å². The molecule has 1 heterocycles. The third-order valence-corrected chi connectivity index (χ3v) is 5.83. The standard InChI is InChI=1S/C25H18Cl2N2O5/c1-2-14-5-3-4-6-19(14)29-23(31)21(27)22(24(29)32)28-16-9-7-15(8-10-16)25(33)34-17-11-12-18(26)20(30)13-17/h3-13,28,30H,2H2,1H3. The van der Waals surface area contributed by atoms with Gasteiger partial charge in [-0.25, -0.2) is 9.69 Å². The number of imide groups is 1. The van der Waals surface area contributed by atoms with Crippen LogP contribution in [0.2, 0.25) is 5.02 Å². The summed E-state index contributed by atoms with van der Waals surface area (Å²) >= 11 is 12.0. The third-order valence-electron chi connectivity index (χ3n) is 5.16. The number of aromatic hydroxyl groups is 1. The van der Waals surface area contributed by atoms with E-state index in [1.54, 1.807) is 24.3 Å². The highest BCUT2D eigenvalue weighted by atomic mass is 35.5. The number of phenols is 1. The number of rotatable bonds is 6. The maximum absolute atomic E-state index is 13.0. The summed E-state index contributed by atoms with van der Waals surface area (Å²) in [5, 5.41) is 12.4. The second kappa shape index (κ2) is 9.59. The van der Waals surface area contributed by atoms with E-state index in [0.717, 1.165) is 10.5 Å². The molecule has 0 saturated carbocycles. The van der Waals surface area contributed by atoms with Crippen LogP contribution in [0, 0.1) is 0 Å². The van der Waals surface area contributed by atoms with Crippen molar-refractivity contribution < 1.29 is 24.2 Å². The molecule has 9 heteroatoms. The van der Waals surface area contributed by atoms with Crippen LogP contribution in [0.15, 0.2) is 77.5 Å². The van der Waals surface area contributed by atoms with Crippen LogP contribution in [-0.4, -0.2) is 22.9 Å². The molecule has 0 unspecified atom stereocenters. The molecule has 34 heavy (non-hydrogen) atoms. The first-order chi connectivity index (χ1) is 16.3. The first kappa shape index (κ1) is 23.4. The number of carbonyl (C=O) groups is 3. The van der Waals surface area contributed by atoms with Crippen LogP contribution >= 0.6 is 23.2 Å². The van der Waals surface area contributed by atoms with Crippen molar-refractivity contribution in [2.75, 3.05) is 10.2 Å². The van der Waals surface area contributed by atoms with Gasteiger partial charge in [-0.2, -0.15) is 0 Å². The molecule has 0 radical (unpaired) electrons. The number of hydrogen-bond acceptors (Lipinski definition) is 6. The van der Waals surface area contributed by atoms with Gasteiger partial charge in [-0.05, 0) is 54.4 Å². The second-order valence-corrected chi connectivity index (χ2v) is 8.11. The minimum atomic E-state index is -0.653. The van der Waals surface area contributed by atoms with Crippen LogP contribution in [0.1, 0.15) is 22.8 Å². The quantitative estimate of drug-likeness (QED) is 0.274. The Balaban J connectivity index is 1.49. The molecular formula is C25H18Cl2N2O5. The summed E-state index contributed by atoms with van der Waals surface area (Å²) in [4.78, 5) is 39.2. The number of carbonyl (C=O) groups excluding carboxylic acids is 3. The van der Waals surface area contributed by atoms with Crippen molar-refractivity contribution in [3.8, 4) is 11.5 Å². The Morgan fingerprint density at radius 2 is 1.71 bits per heavy atom. The van der Waals surface area contributed by atoms with Gasteiger partial charge in [-0.15, -0.1) is 0 Å². The molecule has 4 rings (SSSR count). The van der Waals surface area contributed by atoms with E-state index in [4.69, 9.17) is 27.9 Å². The van der Waals surface area contributed by atoms with E-state index < -0.39 is 17.8 Å². The molecule has 1 aliphatic heterocycles. The number of amides is 2. The number of nitrogens with one attached hydrogen (secondary N) is 1. The van der Waals surface area contributed by atoms with Crippen LogP contribution in [0.25, 0.3) is 0 Å². The van der Waals surface area contributed by atoms with Crippen LogP contribution in [0.3, 0.4) is 0 Å². The summed E-state index contributed by atoms with van der Waals surface area (Å²) < 4.78 is 5.23. The van der Waals surface area contributed by atoms with Gasteiger partial charge in [0.15, 0.2) is 0 Å². The van der Waals surface area contributed by atoms with E-state index in [1.807, 2.05) is 19.1 Å². The first-order valence-corrected chi connectivity index (χ1v) is 11.0. The zero-order valence-corrected chi connectivity index (χ0v) is 19.4. The fourth-order valence-electron chi connectivity index (χ4n) is 3.41. The minimum absolute atomic E-state index is 0.0514.